The van der Waals surface area contributed by atoms with E-state index in [1.165, 1.54) is 0 Å². The van der Waals surface area contributed by atoms with Gasteiger partial charge in [0.2, 0.25) is 5.91 Å². The lowest BCUT2D eigenvalue weighted by Crippen LogP contribution is -2.24. The van der Waals surface area contributed by atoms with Gasteiger partial charge in [0.15, 0.2) is 5.78 Å². The molecule has 0 fully saturated rings. The second kappa shape index (κ2) is 7.26. The first-order valence-corrected chi connectivity index (χ1v) is 9.57. The number of nitrogens with zero attached hydrogens (tertiary/aromatic N) is 2. The summed E-state index contributed by atoms with van der Waals surface area (Å²) in [6, 6.07) is 11.3. The smallest absolute Gasteiger partial charge is 0.309 e. The summed E-state index contributed by atoms with van der Waals surface area (Å²) in [6.45, 7) is 4.27. The van der Waals surface area contributed by atoms with Gasteiger partial charge in [-0.2, -0.15) is 0 Å². The minimum Gasteiger partial charge on any atom is -0.481 e. The van der Waals surface area contributed by atoms with Crippen LogP contribution in [0.3, 0.4) is 0 Å². The van der Waals surface area contributed by atoms with E-state index in [-0.39, 0.29) is 24.3 Å². The van der Waals surface area contributed by atoms with Crippen molar-refractivity contribution in [2.45, 2.75) is 26.8 Å². The Morgan fingerprint density at radius 3 is 2.50 bits per heavy atom. The van der Waals surface area contributed by atoms with Gasteiger partial charge >= 0.3 is 5.97 Å². The molecule has 0 atom stereocenters. The summed E-state index contributed by atoms with van der Waals surface area (Å²) in [5, 5.41) is 9.84. The second-order valence-electron chi connectivity index (χ2n) is 7.63. The molecule has 30 heavy (non-hydrogen) atoms. The Bertz CT molecular complexity index is 1250. The lowest BCUT2D eigenvalue weighted by Gasteiger charge is -2.17. The number of Topliss-reactive ketones (excluding diaryl/α,β-unsaturated/α-hetero) is 1. The third-order valence-corrected chi connectivity index (χ3v) is 5.26. The number of benzene rings is 2. The molecule has 7 nitrogen and oxygen atoms in total. The number of carbonyl (C=O) groups is 3. The molecule has 1 aliphatic heterocycles. The van der Waals surface area contributed by atoms with Crippen molar-refractivity contribution in [3.8, 4) is 0 Å². The number of carboxylic acid groups (broad SMARTS) is 1. The molecule has 0 unspecified atom stereocenters. The van der Waals surface area contributed by atoms with Crippen molar-refractivity contribution < 1.29 is 19.5 Å². The number of aliphatic imine (C=N–C) groups is 1. The maximum Gasteiger partial charge on any atom is 0.309 e. The molecule has 7 heteroatoms. The zero-order valence-corrected chi connectivity index (χ0v) is 16.7. The molecule has 0 radical (unpaired) electrons. The van der Waals surface area contributed by atoms with Crippen molar-refractivity contribution in [3.05, 3.63) is 69.9 Å². The van der Waals surface area contributed by atoms with E-state index >= 15 is 0 Å². The normalized spacial score (nSPS) is 13.3. The first-order chi connectivity index (χ1) is 14.3. The summed E-state index contributed by atoms with van der Waals surface area (Å²) < 4.78 is 1.88. The summed E-state index contributed by atoms with van der Waals surface area (Å²) in [7, 11) is 0. The maximum atomic E-state index is 12.9. The first-order valence-electron chi connectivity index (χ1n) is 9.57. The molecule has 0 spiro atoms. The van der Waals surface area contributed by atoms with Crippen molar-refractivity contribution in [2.75, 3.05) is 6.54 Å². The van der Waals surface area contributed by atoms with Gasteiger partial charge in [-0.3, -0.25) is 19.4 Å². The number of amides is 1. The summed E-state index contributed by atoms with van der Waals surface area (Å²) in [5.41, 5.74) is 10.8. The molecule has 1 aliphatic rings. The molecule has 3 aromatic rings. The molecular formula is C23H21N3O4. The van der Waals surface area contributed by atoms with Crippen LogP contribution in [0.1, 0.15) is 49.5 Å². The summed E-state index contributed by atoms with van der Waals surface area (Å²) in [6.07, 6.45) is -0.310. The number of hydrogen-bond donors (Lipinski definition) is 2. The number of aliphatic carboxylic acids is 1. The second-order valence-corrected chi connectivity index (χ2v) is 7.63. The van der Waals surface area contributed by atoms with Gasteiger partial charge in [0.05, 0.1) is 28.9 Å². The molecule has 2 heterocycles. The molecule has 0 saturated heterocycles. The van der Waals surface area contributed by atoms with E-state index < -0.39 is 11.9 Å². The van der Waals surface area contributed by atoms with Gasteiger partial charge in [0.1, 0.15) is 6.54 Å². The largest absolute Gasteiger partial charge is 0.481 e. The molecule has 1 aromatic heterocycles. The number of hydrogen-bond acceptors (Lipinski definition) is 4. The number of primary amides is 1. The topological polar surface area (TPSA) is 115 Å². The number of aryl methyl sites for hydroxylation is 2. The molecule has 1 amide bonds. The number of aromatic nitrogens is 1. The highest BCUT2D eigenvalue weighted by atomic mass is 16.4. The van der Waals surface area contributed by atoms with Crippen LogP contribution < -0.4 is 5.73 Å². The lowest BCUT2D eigenvalue weighted by atomic mass is 9.96. The summed E-state index contributed by atoms with van der Waals surface area (Å²) in [4.78, 5) is 40.7. The number of carboxylic acids is 1. The molecule has 4 rings (SSSR count). The van der Waals surface area contributed by atoms with Gasteiger partial charge in [-0.1, -0.05) is 35.4 Å². The fraction of sp³-hybridized carbons (Fsp3) is 0.217. The average molecular weight is 403 g/mol. The molecule has 2 aromatic carbocycles. The zero-order valence-electron chi connectivity index (χ0n) is 16.7. The molecular weight excluding hydrogens is 382 g/mol. The van der Waals surface area contributed by atoms with E-state index in [0.29, 0.717) is 34.4 Å². The van der Waals surface area contributed by atoms with Crippen LogP contribution in [0.25, 0.3) is 10.9 Å². The van der Waals surface area contributed by atoms with E-state index in [1.807, 2.05) is 36.6 Å². The van der Waals surface area contributed by atoms with Gasteiger partial charge < -0.3 is 15.4 Å². The average Bonchev–Trinajstić information content (AvgIpc) is 2.98. The number of ketones is 1. The van der Waals surface area contributed by atoms with Crippen LogP contribution in [0.15, 0.2) is 41.4 Å². The van der Waals surface area contributed by atoms with Crippen LogP contribution in [-0.2, 0) is 11.3 Å². The molecule has 152 valence electrons. The molecule has 0 saturated carbocycles. The van der Waals surface area contributed by atoms with E-state index in [4.69, 9.17) is 5.73 Å². The quantitative estimate of drug-likeness (QED) is 0.681. The third-order valence-electron chi connectivity index (χ3n) is 5.26. The van der Waals surface area contributed by atoms with Crippen LogP contribution in [0.4, 0.5) is 0 Å². The fourth-order valence-electron chi connectivity index (χ4n) is 4.29. The van der Waals surface area contributed by atoms with Crippen molar-refractivity contribution in [1.82, 2.24) is 4.57 Å². The Kier molecular flexibility index (Phi) is 4.73. The van der Waals surface area contributed by atoms with Gasteiger partial charge in [0, 0.05) is 17.5 Å². The molecule has 3 N–H and O–H groups in total. The van der Waals surface area contributed by atoms with Gasteiger partial charge in [-0.15, -0.1) is 0 Å². The predicted octanol–water partition coefficient (Wildman–Crippen LogP) is 2.87. The Morgan fingerprint density at radius 1 is 1.17 bits per heavy atom. The maximum absolute atomic E-state index is 12.9. The van der Waals surface area contributed by atoms with Crippen molar-refractivity contribution in [2.24, 2.45) is 10.7 Å². The zero-order chi connectivity index (χ0) is 21.6. The SMILES string of the molecule is Cc1cc(C)cc(Cn2c3c(c4c(C(N)=O)cccc42)C(=O)CN=C3CC(=O)O)c1. The number of fused-ring (bicyclic) bond motifs is 3. The third kappa shape index (κ3) is 3.28. The van der Waals surface area contributed by atoms with E-state index in [9.17, 15) is 19.5 Å². The van der Waals surface area contributed by atoms with Crippen molar-refractivity contribution in [1.29, 1.82) is 0 Å². The van der Waals surface area contributed by atoms with Gasteiger partial charge in [-0.05, 0) is 31.5 Å². The van der Waals surface area contributed by atoms with Crippen LogP contribution in [-0.4, -0.2) is 39.6 Å². The molecule has 0 bridgehead atoms. The van der Waals surface area contributed by atoms with E-state index in [1.54, 1.807) is 12.1 Å². The minimum absolute atomic E-state index is 0.147. The van der Waals surface area contributed by atoms with Crippen LogP contribution in [0.5, 0.6) is 0 Å². The molecule has 0 aliphatic carbocycles. The number of rotatable bonds is 5. The standard InChI is InChI=1S/C23H21N3O4/c1-12-6-13(2)8-14(7-12)11-26-17-5-3-4-15(23(24)30)20(17)21-18(27)10-25-16(22(21)26)9-19(28)29/h3-8H,9-11H2,1-2H3,(H2,24,30)(H,28,29). The number of carbonyl (C=O) groups excluding carboxylic acids is 2. The van der Waals surface area contributed by atoms with Crippen LogP contribution in [0, 0.1) is 13.8 Å². The summed E-state index contributed by atoms with van der Waals surface area (Å²) >= 11 is 0. The first kappa shape index (κ1) is 19.6. The fourth-order valence-corrected chi connectivity index (χ4v) is 4.29. The van der Waals surface area contributed by atoms with E-state index in [0.717, 1.165) is 16.7 Å². The summed E-state index contributed by atoms with van der Waals surface area (Å²) in [5.74, 6) is -1.92. The highest BCUT2D eigenvalue weighted by molar-refractivity contribution is 6.26. The minimum atomic E-state index is -1.03. The predicted molar refractivity (Wildman–Crippen MR) is 113 cm³/mol. The Morgan fingerprint density at radius 2 is 1.87 bits per heavy atom. The number of nitrogens with two attached hydrogens (primary N) is 1. The van der Waals surface area contributed by atoms with Crippen LogP contribution >= 0.6 is 0 Å². The highest BCUT2D eigenvalue weighted by Gasteiger charge is 2.31. The van der Waals surface area contributed by atoms with Gasteiger partial charge in [-0.25, -0.2) is 0 Å². The van der Waals surface area contributed by atoms with Crippen LogP contribution in [0.2, 0.25) is 0 Å². The Hall–Kier alpha value is -3.74. The lowest BCUT2D eigenvalue weighted by molar-refractivity contribution is -0.135. The highest BCUT2D eigenvalue weighted by Crippen LogP contribution is 2.33. The van der Waals surface area contributed by atoms with E-state index in [2.05, 4.69) is 11.1 Å². The monoisotopic (exact) mass is 403 g/mol. The van der Waals surface area contributed by atoms with Crippen molar-refractivity contribution >= 4 is 34.3 Å². The Balaban J connectivity index is 2.05. The van der Waals surface area contributed by atoms with Gasteiger partial charge in [0.25, 0.3) is 0 Å². The Labute approximate surface area is 172 Å². The van der Waals surface area contributed by atoms with Crippen molar-refractivity contribution in [3.63, 3.8) is 0 Å².